The standard InChI is InChI=1S/C17H12ClF3N2O3S2/c18-11-3-1-10(2-4-11)16-23-14(9-27-16)15(24)22-12-5-7-13(8-6-12)28(25,26)17(19,20)21/h1-8,14H,9H2,(H,22,24). The number of nitrogens with one attached hydrogen (secondary N) is 1. The lowest BCUT2D eigenvalue weighted by Gasteiger charge is -2.10. The zero-order valence-corrected chi connectivity index (χ0v) is 16.3. The summed E-state index contributed by atoms with van der Waals surface area (Å²) < 4.78 is 60.3. The number of nitrogens with zero attached hydrogens (tertiary/aromatic N) is 1. The summed E-state index contributed by atoms with van der Waals surface area (Å²) in [6.07, 6.45) is 0. The average molecular weight is 449 g/mol. The molecule has 148 valence electrons. The van der Waals surface area contributed by atoms with Gasteiger partial charge in [-0.1, -0.05) is 23.7 Å². The summed E-state index contributed by atoms with van der Waals surface area (Å²) in [6.45, 7) is 0. The molecule has 0 saturated carbocycles. The van der Waals surface area contributed by atoms with Crippen molar-refractivity contribution in [2.75, 3.05) is 11.1 Å². The van der Waals surface area contributed by atoms with Gasteiger partial charge in [0.15, 0.2) is 0 Å². The van der Waals surface area contributed by atoms with E-state index in [0.29, 0.717) is 15.8 Å². The van der Waals surface area contributed by atoms with Gasteiger partial charge in [0.1, 0.15) is 6.04 Å². The van der Waals surface area contributed by atoms with Crippen molar-refractivity contribution in [1.29, 1.82) is 0 Å². The first-order chi connectivity index (χ1) is 13.1. The molecule has 1 aliphatic rings. The minimum absolute atomic E-state index is 0.172. The number of aliphatic imine (C=N–C) groups is 1. The molecule has 0 bridgehead atoms. The molecule has 1 N–H and O–H groups in total. The van der Waals surface area contributed by atoms with Crippen LogP contribution in [0.4, 0.5) is 18.9 Å². The smallest absolute Gasteiger partial charge is 0.324 e. The van der Waals surface area contributed by atoms with Crippen molar-refractivity contribution in [3.05, 3.63) is 59.1 Å². The maximum absolute atomic E-state index is 12.6. The molecule has 1 amide bonds. The number of amides is 1. The number of carbonyl (C=O) groups excluding carboxylic acids is 1. The van der Waals surface area contributed by atoms with Crippen LogP contribution in [0.3, 0.4) is 0 Å². The molecule has 3 rings (SSSR count). The van der Waals surface area contributed by atoms with E-state index in [9.17, 15) is 26.4 Å². The summed E-state index contributed by atoms with van der Waals surface area (Å²) in [6, 6.07) is 10.1. The van der Waals surface area contributed by atoms with Crippen LogP contribution in [0.2, 0.25) is 5.02 Å². The van der Waals surface area contributed by atoms with E-state index in [2.05, 4.69) is 10.3 Å². The molecule has 1 heterocycles. The minimum Gasteiger partial charge on any atom is -0.324 e. The van der Waals surface area contributed by atoms with Crippen LogP contribution in [0.25, 0.3) is 0 Å². The van der Waals surface area contributed by atoms with Crippen molar-refractivity contribution >= 4 is 49.8 Å². The van der Waals surface area contributed by atoms with Gasteiger partial charge in [0.25, 0.3) is 9.84 Å². The summed E-state index contributed by atoms with van der Waals surface area (Å²) in [5, 5.41) is 3.79. The predicted octanol–water partition coefficient (Wildman–Crippen LogP) is 4.13. The van der Waals surface area contributed by atoms with Crippen LogP contribution in [0.15, 0.2) is 58.4 Å². The van der Waals surface area contributed by atoms with Crippen molar-refractivity contribution in [1.82, 2.24) is 0 Å². The first kappa shape index (κ1) is 20.7. The van der Waals surface area contributed by atoms with Crippen LogP contribution in [0, 0.1) is 0 Å². The summed E-state index contributed by atoms with van der Waals surface area (Å²) in [5.74, 6) is -0.0347. The van der Waals surface area contributed by atoms with Gasteiger partial charge in [-0.15, -0.1) is 11.8 Å². The third-order valence-corrected chi connectivity index (χ3v) is 6.63. The molecule has 0 aromatic heterocycles. The highest BCUT2D eigenvalue weighted by atomic mass is 35.5. The molecular weight excluding hydrogens is 437 g/mol. The number of thioether (sulfide) groups is 1. The lowest BCUT2D eigenvalue weighted by molar-refractivity contribution is -0.116. The van der Waals surface area contributed by atoms with Crippen molar-refractivity contribution < 1.29 is 26.4 Å². The topological polar surface area (TPSA) is 75.6 Å². The highest BCUT2D eigenvalue weighted by molar-refractivity contribution is 8.14. The molecule has 5 nitrogen and oxygen atoms in total. The van der Waals surface area contributed by atoms with E-state index < -0.39 is 32.2 Å². The molecule has 0 aliphatic carbocycles. The third kappa shape index (κ3) is 4.34. The Morgan fingerprint density at radius 2 is 1.71 bits per heavy atom. The summed E-state index contributed by atoms with van der Waals surface area (Å²) in [5.41, 5.74) is -4.39. The Morgan fingerprint density at radius 3 is 2.29 bits per heavy atom. The van der Waals surface area contributed by atoms with Crippen molar-refractivity contribution in [2.24, 2.45) is 4.99 Å². The Bertz CT molecular complexity index is 1020. The fourth-order valence-corrected chi connectivity index (χ4v) is 4.27. The molecule has 0 fully saturated rings. The molecule has 28 heavy (non-hydrogen) atoms. The number of hydrogen-bond acceptors (Lipinski definition) is 5. The second-order valence-electron chi connectivity index (χ2n) is 5.73. The molecule has 1 unspecified atom stereocenters. The zero-order valence-electron chi connectivity index (χ0n) is 13.9. The number of benzene rings is 2. The Labute approximate surface area is 167 Å². The van der Waals surface area contributed by atoms with Crippen LogP contribution in [-0.4, -0.2) is 36.7 Å². The molecule has 1 aliphatic heterocycles. The highest BCUT2D eigenvalue weighted by Crippen LogP contribution is 2.31. The fourth-order valence-electron chi connectivity index (χ4n) is 2.34. The quantitative estimate of drug-likeness (QED) is 0.763. The number of rotatable bonds is 4. The van der Waals surface area contributed by atoms with Gasteiger partial charge in [-0.05, 0) is 36.4 Å². The monoisotopic (exact) mass is 448 g/mol. The SMILES string of the molecule is O=C(Nc1ccc(S(=O)(=O)C(F)(F)F)cc1)C1CSC(c2ccc(Cl)cc2)=N1. The Hall–Kier alpha value is -2.04. The first-order valence-electron chi connectivity index (χ1n) is 7.77. The Balaban J connectivity index is 1.69. The lowest BCUT2D eigenvalue weighted by atomic mass is 10.2. The van der Waals surface area contributed by atoms with Crippen molar-refractivity contribution in [2.45, 2.75) is 16.4 Å². The van der Waals surface area contributed by atoms with E-state index in [1.807, 2.05) is 0 Å². The fraction of sp³-hybridized carbons (Fsp3) is 0.176. The number of sulfone groups is 1. The maximum Gasteiger partial charge on any atom is 0.501 e. The number of hydrogen-bond donors (Lipinski definition) is 1. The molecule has 1 atom stereocenters. The largest absolute Gasteiger partial charge is 0.501 e. The van der Waals surface area contributed by atoms with Gasteiger partial charge in [0, 0.05) is 22.0 Å². The van der Waals surface area contributed by atoms with E-state index in [4.69, 9.17) is 11.6 Å². The van der Waals surface area contributed by atoms with E-state index in [1.54, 1.807) is 24.3 Å². The molecule has 2 aromatic carbocycles. The molecule has 0 radical (unpaired) electrons. The number of carbonyl (C=O) groups is 1. The molecular formula is C17H12ClF3N2O3S2. The molecule has 0 spiro atoms. The average Bonchev–Trinajstić information content (AvgIpc) is 3.12. The van der Waals surface area contributed by atoms with E-state index in [1.165, 1.54) is 11.8 Å². The number of alkyl halides is 3. The Morgan fingerprint density at radius 1 is 1.11 bits per heavy atom. The van der Waals surface area contributed by atoms with Gasteiger partial charge in [0.2, 0.25) is 5.91 Å². The number of anilines is 1. The Kier molecular flexibility index (Phi) is 5.74. The molecule has 0 saturated heterocycles. The van der Waals surface area contributed by atoms with Crippen molar-refractivity contribution in [3.8, 4) is 0 Å². The van der Waals surface area contributed by atoms with Gasteiger partial charge in [-0.3, -0.25) is 9.79 Å². The van der Waals surface area contributed by atoms with Gasteiger partial charge in [0.05, 0.1) is 9.94 Å². The van der Waals surface area contributed by atoms with Crippen molar-refractivity contribution in [3.63, 3.8) is 0 Å². The van der Waals surface area contributed by atoms with Crippen LogP contribution < -0.4 is 5.32 Å². The van der Waals surface area contributed by atoms with E-state index >= 15 is 0 Å². The van der Waals surface area contributed by atoms with Gasteiger partial charge in [-0.25, -0.2) is 8.42 Å². The molecule has 11 heteroatoms. The predicted molar refractivity (Wildman–Crippen MR) is 103 cm³/mol. The highest BCUT2D eigenvalue weighted by Gasteiger charge is 2.46. The third-order valence-electron chi connectivity index (χ3n) is 3.78. The first-order valence-corrected chi connectivity index (χ1v) is 10.6. The summed E-state index contributed by atoms with van der Waals surface area (Å²) >= 11 is 7.24. The summed E-state index contributed by atoms with van der Waals surface area (Å²) in [7, 11) is -5.43. The maximum atomic E-state index is 12.6. The molecule has 2 aromatic rings. The van der Waals surface area contributed by atoms with Crippen LogP contribution >= 0.6 is 23.4 Å². The summed E-state index contributed by atoms with van der Waals surface area (Å²) in [4.78, 5) is 15.8. The van der Waals surface area contributed by atoms with Crippen LogP contribution in [-0.2, 0) is 14.6 Å². The second-order valence-corrected chi connectivity index (χ2v) is 9.12. The normalized spacial score (nSPS) is 17.3. The zero-order chi connectivity index (χ0) is 20.5. The van der Waals surface area contributed by atoms with E-state index in [0.717, 1.165) is 29.8 Å². The van der Waals surface area contributed by atoms with E-state index in [-0.39, 0.29) is 5.69 Å². The van der Waals surface area contributed by atoms with Crippen LogP contribution in [0.5, 0.6) is 0 Å². The van der Waals surface area contributed by atoms with Gasteiger partial charge < -0.3 is 5.32 Å². The minimum atomic E-state index is -5.43. The van der Waals surface area contributed by atoms with Gasteiger partial charge >= 0.3 is 5.51 Å². The second kappa shape index (κ2) is 7.76. The van der Waals surface area contributed by atoms with Crippen LogP contribution in [0.1, 0.15) is 5.56 Å². The lowest BCUT2D eigenvalue weighted by Crippen LogP contribution is -2.26. The van der Waals surface area contributed by atoms with Gasteiger partial charge in [-0.2, -0.15) is 13.2 Å². The number of halogens is 4.